The number of rotatable bonds is 7. The molecule has 1 fully saturated rings. The van der Waals surface area contributed by atoms with Crippen molar-refractivity contribution >= 4 is 11.8 Å². The Balaban J connectivity index is 1.75. The Morgan fingerprint density at radius 1 is 1.19 bits per heavy atom. The summed E-state index contributed by atoms with van der Waals surface area (Å²) < 4.78 is 11.4. The monoisotopic (exact) mass is 378 g/mol. The maximum atomic E-state index is 12.5. The third kappa shape index (κ3) is 6.30. The number of aliphatic hydroxyl groups is 1. The first-order chi connectivity index (χ1) is 12.6. The van der Waals surface area contributed by atoms with E-state index in [0.717, 1.165) is 5.56 Å². The lowest BCUT2D eigenvalue weighted by Crippen LogP contribution is -2.56. The number of ether oxygens (including phenoxy) is 2. The van der Waals surface area contributed by atoms with E-state index in [1.54, 1.807) is 13.8 Å². The van der Waals surface area contributed by atoms with Gasteiger partial charge in [0.25, 0.3) is 0 Å². The highest BCUT2D eigenvalue weighted by molar-refractivity contribution is 5.82. The minimum Gasteiger partial charge on any atom is -0.383 e. The van der Waals surface area contributed by atoms with Crippen LogP contribution in [0, 0.1) is 5.41 Å². The van der Waals surface area contributed by atoms with E-state index in [2.05, 4.69) is 10.6 Å². The van der Waals surface area contributed by atoms with Gasteiger partial charge < -0.3 is 25.2 Å². The summed E-state index contributed by atoms with van der Waals surface area (Å²) in [6.45, 7) is 8.27. The van der Waals surface area contributed by atoms with E-state index in [1.165, 1.54) is 0 Å². The minimum absolute atomic E-state index is 0.124. The second-order valence-electron chi connectivity index (χ2n) is 7.97. The van der Waals surface area contributed by atoms with Crippen LogP contribution in [-0.4, -0.2) is 48.1 Å². The molecule has 27 heavy (non-hydrogen) atoms. The van der Waals surface area contributed by atoms with E-state index in [1.807, 2.05) is 44.2 Å². The first-order valence-corrected chi connectivity index (χ1v) is 9.20. The number of benzene rings is 1. The normalized spacial score (nSPS) is 21.9. The molecule has 2 rings (SSSR count). The SMILES string of the molecule is CC1(C)OCC(C)(C)[C@H](C(=O)NCC[C@@H](O)C(=O)NCc2ccccc2)O1. The standard InChI is InChI=1S/C20H30N2O5/c1-19(2)13-26-20(3,4)27-16(19)18(25)21-11-10-15(23)17(24)22-12-14-8-6-5-7-9-14/h5-9,15-16,23H,10-13H2,1-4H3,(H,21,25)(H,22,24)/t15-,16+/m1/s1. The Kier molecular flexibility index (Phi) is 6.97. The van der Waals surface area contributed by atoms with Crippen molar-refractivity contribution in [1.29, 1.82) is 0 Å². The smallest absolute Gasteiger partial charge is 0.249 e. The summed E-state index contributed by atoms with van der Waals surface area (Å²) in [5, 5.41) is 15.4. The molecule has 0 aliphatic carbocycles. The number of amides is 2. The third-order valence-electron chi connectivity index (χ3n) is 4.47. The summed E-state index contributed by atoms with van der Waals surface area (Å²) in [5.74, 6) is -1.56. The molecule has 2 atom stereocenters. The highest BCUT2D eigenvalue weighted by Gasteiger charge is 2.45. The fourth-order valence-corrected chi connectivity index (χ4v) is 2.78. The van der Waals surface area contributed by atoms with Crippen molar-refractivity contribution in [3.63, 3.8) is 0 Å². The van der Waals surface area contributed by atoms with Crippen LogP contribution in [0.3, 0.4) is 0 Å². The first kappa shape index (κ1) is 21.3. The quantitative estimate of drug-likeness (QED) is 0.665. The molecule has 1 aromatic carbocycles. The molecule has 1 aliphatic rings. The van der Waals surface area contributed by atoms with E-state index in [4.69, 9.17) is 9.47 Å². The molecule has 3 N–H and O–H groups in total. The summed E-state index contributed by atoms with van der Waals surface area (Å²) in [4.78, 5) is 24.5. The van der Waals surface area contributed by atoms with Crippen molar-refractivity contribution in [3.05, 3.63) is 35.9 Å². The zero-order chi connectivity index (χ0) is 20.1. The van der Waals surface area contributed by atoms with Crippen LogP contribution in [0.5, 0.6) is 0 Å². The van der Waals surface area contributed by atoms with Crippen molar-refractivity contribution in [2.45, 2.75) is 58.7 Å². The van der Waals surface area contributed by atoms with E-state index in [0.29, 0.717) is 13.2 Å². The number of carbonyl (C=O) groups excluding carboxylic acids is 2. The van der Waals surface area contributed by atoms with Gasteiger partial charge in [-0.1, -0.05) is 44.2 Å². The van der Waals surface area contributed by atoms with E-state index < -0.39 is 29.3 Å². The molecule has 0 spiro atoms. The van der Waals surface area contributed by atoms with Gasteiger partial charge in [0.2, 0.25) is 11.8 Å². The highest BCUT2D eigenvalue weighted by Crippen LogP contribution is 2.34. The zero-order valence-electron chi connectivity index (χ0n) is 16.5. The minimum atomic E-state index is -1.19. The average Bonchev–Trinajstić information content (AvgIpc) is 2.62. The van der Waals surface area contributed by atoms with Crippen LogP contribution in [0.2, 0.25) is 0 Å². The summed E-state index contributed by atoms with van der Waals surface area (Å²) in [7, 11) is 0. The van der Waals surface area contributed by atoms with Gasteiger partial charge in [-0.25, -0.2) is 0 Å². The van der Waals surface area contributed by atoms with E-state index in [9.17, 15) is 14.7 Å². The molecule has 150 valence electrons. The molecular weight excluding hydrogens is 348 g/mol. The van der Waals surface area contributed by atoms with Crippen LogP contribution in [0.1, 0.15) is 39.7 Å². The summed E-state index contributed by atoms with van der Waals surface area (Å²) in [5.41, 5.74) is 0.485. The van der Waals surface area contributed by atoms with E-state index >= 15 is 0 Å². The van der Waals surface area contributed by atoms with Crippen LogP contribution in [0.15, 0.2) is 30.3 Å². The van der Waals surface area contributed by atoms with Gasteiger partial charge in [0.15, 0.2) is 5.79 Å². The zero-order valence-corrected chi connectivity index (χ0v) is 16.5. The molecule has 0 aromatic heterocycles. The Morgan fingerprint density at radius 3 is 2.52 bits per heavy atom. The molecule has 0 saturated carbocycles. The lowest BCUT2D eigenvalue weighted by molar-refractivity contribution is -0.304. The van der Waals surface area contributed by atoms with Crippen molar-refractivity contribution in [1.82, 2.24) is 10.6 Å². The molecule has 0 unspecified atom stereocenters. The molecule has 1 aromatic rings. The van der Waals surface area contributed by atoms with Gasteiger partial charge in [-0.05, 0) is 25.8 Å². The molecule has 0 bridgehead atoms. The van der Waals surface area contributed by atoms with Gasteiger partial charge in [-0.2, -0.15) is 0 Å². The highest BCUT2D eigenvalue weighted by atomic mass is 16.7. The molecule has 7 heteroatoms. The Morgan fingerprint density at radius 2 is 1.85 bits per heavy atom. The van der Waals surface area contributed by atoms with E-state index in [-0.39, 0.29) is 18.9 Å². The number of aliphatic hydroxyl groups excluding tert-OH is 1. The molecule has 2 amide bonds. The van der Waals surface area contributed by atoms with Gasteiger partial charge >= 0.3 is 0 Å². The summed E-state index contributed by atoms with van der Waals surface area (Å²) in [6.07, 6.45) is -1.72. The van der Waals surface area contributed by atoms with Crippen molar-refractivity contribution in [2.24, 2.45) is 5.41 Å². The van der Waals surface area contributed by atoms with Crippen molar-refractivity contribution < 1.29 is 24.2 Å². The van der Waals surface area contributed by atoms with Crippen LogP contribution < -0.4 is 10.6 Å². The second-order valence-corrected chi connectivity index (χ2v) is 7.97. The summed E-state index contributed by atoms with van der Waals surface area (Å²) in [6, 6.07) is 9.45. The average molecular weight is 378 g/mol. The Labute approximate surface area is 160 Å². The topological polar surface area (TPSA) is 96.9 Å². The maximum absolute atomic E-state index is 12.5. The number of carbonyl (C=O) groups is 2. The molecular formula is C20H30N2O5. The second kappa shape index (κ2) is 8.82. The van der Waals surface area contributed by atoms with Crippen LogP contribution in [-0.2, 0) is 25.6 Å². The van der Waals surface area contributed by atoms with Gasteiger partial charge in [-0.3, -0.25) is 9.59 Å². The molecule has 1 saturated heterocycles. The number of nitrogens with one attached hydrogen (secondary N) is 2. The van der Waals surface area contributed by atoms with Gasteiger partial charge in [0, 0.05) is 18.5 Å². The van der Waals surface area contributed by atoms with Crippen molar-refractivity contribution in [3.8, 4) is 0 Å². The molecule has 7 nitrogen and oxygen atoms in total. The fourth-order valence-electron chi connectivity index (χ4n) is 2.78. The predicted octanol–water partition coefficient (Wildman–Crippen LogP) is 1.35. The Bertz CT molecular complexity index is 645. The lowest BCUT2D eigenvalue weighted by atomic mass is 9.85. The largest absolute Gasteiger partial charge is 0.383 e. The van der Waals surface area contributed by atoms with Gasteiger partial charge in [0.1, 0.15) is 12.2 Å². The van der Waals surface area contributed by atoms with Gasteiger partial charge in [-0.15, -0.1) is 0 Å². The predicted molar refractivity (Wildman–Crippen MR) is 101 cm³/mol. The fraction of sp³-hybridized carbons (Fsp3) is 0.600. The summed E-state index contributed by atoms with van der Waals surface area (Å²) >= 11 is 0. The first-order valence-electron chi connectivity index (χ1n) is 9.20. The van der Waals surface area contributed by atoms with Crippen LogP contribution in [0.25, 0.3) is 0 Å². The molecule has 0 radical (unpaired) electrons. The van der Waals surface area contributed by atoms with Crippen LogP contribution >= 0.6 is 0 Å². The number of hydrogen-bond acceptors (Lipinski definition) is 5. The molecule has 1 aliphatic heterocycles. The van der Waals surface area contributed by atoms with Crippen molar-refractivity contribution in [2.75, 3.05) is 13.2 Å². The third-order valence-corrected chi connectivity index (χ3v) is 4.47. The lowest BCUT2D eigenvalue weighted by Gasteiger charge is -2.44. The maximum Gasteiger partial charge on any atom is 0.249 e. The van der Waals surface area contributed by atoms with Crippen LogP contribution in [0.4, 0.5) is 0 Å². The number of hydrogen-bond donors (Lipinski definition) is 3. The molecule has 1 heterocycles. The Hall–Kier alpha value is -1.96. The van der Waals surface area contributed by atoms with Gasteiger partial charge in [0.05, 0.1) is 6.61 Å².